The molecule has 0 aliphatic heterocycles. The maximum atomic E-state index is 12.3. The van der Waals surface area contributed by atoms with Gasteiger partial charge in [-0.25, -0.2) is 9.78 Å². The van der Waals surface area contributed by atoms with Crippen LogP contribution in [-0.2, 0) is 4.74 Å². The second-order valence-electron chi connectivity index (χ2n) is 5.82. The van der Waals surface area contributed by atoms with Gasteiger partial charge in [0.25, 0.3) is 5.91 Å². The first-order valence-corrected chi connectivity index (χ1v) is 9.69. The average molecular weight is 432 g/mol. The van der Waals surface area contributed by atoms with Crippen molar-refractivity contribution in [3.63, 3.8) is 0 Å². The van der Waals surface area contributed by atoms with Crippen LogP contribution in [0.15, 0.2) is 21.4 Å². The lowest BCUT2D eigenvalue weighted by molar-refractivity contribution is 0.0526. The van der Waals surface area contributed by atoms with Crippen molar-refractivity contribution in [2.75, 3.05) is 13.1 Å². The van der Waals surface area contributed by atoms with E-state index >= 15 is 0 Å². The lowest BCUT2D eigenvalue weighted by atomic mass is 10.2. The number of thiophene rings is 1. The molecule has 2 rings (SSSR count). The van der Waals surface area contributed by atoms with Crippen LogP contribution >= 0.6 is 38.6 Å². The molecule has 0 radical (unpaired) electrons. The van der Waals surface area contributed by atoms with E-state index < -0.39 is 11.7 Å². The SMILES string of the molecule is CC(C)(C)OC(=O)NCCNC(=O)c1ncsc1-c1ccc(Br)s1. The fourth-order valence-corrected chi connectivity index (χ4v) is 4.06. The summed E-state index contributed by atoms with van der Waals surface area (Å²) in [5, 5.41) is 5.34. The zero-order valence-electron chi connectivity index (χ0n) is 13.5. The molecule has 2 heterocycles. The van der Waals surface area contributed by atoms with E-state index in [9.17, 15) is 9.59 Å². The van der Waals surface area contributed by atoms with Crippen LogP contribution in [0.2, 0.25) is 0 Å². The predicted molar refractivity (Wildman–Crippen MR) is 99.7 cm³/mol. The minimum atomic E-state index is -0.544. The van der Waals surface area contributed by atoms with Crippen LogP contribution in [0.1, 0.15) is 31.3 Å². The summed E-state index contributed by atoms with van der Waals surface area (Å²) in [5.74, 6) is -0.262. The van der Waals surface area contributed by atoms with Crippen LogP contribution in [-0.4, -0.2) is 35.7 Å². The maximum absolute atomic E-state index is 12.3. The Morgan fingerprint density at radius 1 is 1.25 bits per heavy atom. The van der Waals surface area contributed by atoms with Gasteiger partial charge in [-0.2, -0.15) is 0 Å². The van der Waals surface area contributed by atoms with E-state index in [0.717, 1.165) is 13.5 Å². The number of rotatable bonds is 5. The van der Waals surface area contributed by atoms with E-state index in [2.05, 4.69) is 31.5 Å². The molecule has 6 nitrogen and oxygen atoms in total. The summed E-state index contributed by atoms with van der Waals surface area (Å²) in [7, 11) is 0. The summed E-state index contributed by atoms with van der Waals surface area (Å²) < 4.78 is 6.12. The summed E-state index contributed by atoms with van der Waals surface area (Å²) in [6.45, 7) is 5.96. The Bertz CT molecular complexity index is 722. The quantitative estimate of drug-likeness (QED) is 0.703. The number of alkyl carbamates (subject to hydrolysis) is 1. The van der Waals surface area contributed by atoms with Gasteiger partial charge in [0, 0.05) is 18.0 Å². The number of carbonyl (C=O) groups is 2. The molecule has 0 aliphatic rings. The first-order chi connectivity index (χ1) is 11.3. The lowest BCUT2D eigenvalue weighted by Gasteiger charge is -2.19. The molecule has 2 amide bonds. The smallest absolute Gasteiger partial charge is 0.407 e. The van der Waals surface area contributed by atoms with Crippen LogP contribution in [0, 0.1) is 0 Å². The van der Waals surface area contributed by atoms with Crippen LogP contribution in [0.25, 0.3) is 9.75 Å². The van der Waals surface area contributed by atoms with E-state index in [1.165, 1.54) is 11.3 Å². The molecule has 0 saturated carbocycles. The van der Waals surface area contributed by atoms with Crippen molar-refractivity contribution in [3.8, 4) is 9.75 Å². The summed E-state index contributed by atoms with van der Waals surface area (Å²) in [4.78, 5) is 29.7. The van der Waals surface area contributed by atoms with Gasteiger partial charge in [-0.15, -0.1) is 22.7 Å². The van der Waals surface area contributed by atoms with Crippen molar-refractivity contribution in [1.82, 2.24) is 15.6 Å². The van der Waals surface area contributed by atoms with Crippen LogP contribution in [0.4, 0.5) is 4.79 Å². The van der Waals surface area contributed by atoms with Crippen molar-refractivity contribution < 1.29 is 14.3 Å². The third kappa shape index (κ3) is 5.57. The maximum Gasteiger partial charge on any atom is 0.407 e. The molecular weight excluding hydrogens is 414 g/mol. The molecule has 2 aromatic rings. The highest BCUT2D eigenvalue weighted by Gasteiger charge is 2.18. The summed E-state index contributed by atoms with van der Waals surface area (Å²) in [6.07, 6.45) is -0.505. The second kappa shape index (κ2) is 8.09. The minimum absolute atomic E-state index is 0.262. The molecule has 0 saturated heterocycles. The number of aromatic nitrogens is 1. The van der Waals surface area contributed by atoms with Crippen LogP contribution in [0.5, 0.6) is 0 Å². The van der Waals surface area contributed by atoms with E-state index in [1.807, 2.05) is 12.1 Å². The van der Waals surface area contributed by atoms with Gasteiger partial charge in [-0.1, -0.05) is 0 Å². The van der Waals surface area contributed by atoms with E-state index in [4.69, 9.17) is 4.74 Å². The van der Waals surface area contributed by atoms with E-state index in [0.29, 0.717) is 12.2 Å². The Morgan fingerprint density at radius 3 is 2.58 bits per heavy atom. The van der Waals surface area contributed by atoms with Gasteiger partial charge in [0.1, 0.15) is 11.3 Å². The molecule has 0 spiro atoms. The fourth-order valence-electron chi connectivity index (χ4n) is 1.76. The fraction of sp³-hybridized carbons (Fsp3) is 0.400. The van der Waals surface area contributed by atoms with E-state index in [-0.39, 0.29) is 12.5 Å². The number of halogens is 1. The Hall–Kier alpha value is -1.45. The Kier molecular flexibility index (Phi) is 6.36. The standard InChI is InChI=1S/C15H18BrN3O3S2/c1-15(2,3)22-14(21)18-7-6-17-13(20)11-12(23-8-19-11)9-4-5-10(16)24-9/h4-5,8H,6-7H2,1-3H3,(H,17,20)(H,18,21). The highest BCUT2D eigenvalue weighted by molar-refractivity contribution is 9.11. The van der Waals surface area contributed by atoms with Crippen molar-refractivity contribution in [3.05, 3.63) is 27.1 Å². The van der Waals surface area contributed by atoms with Crippen LogP contribution < -0.4 is 10.6 Å². The number of ether oxygens (including phenoxy) is 1. The molecule has 24 heavy (non-hydrogen) atoms. The Balaban J connectivity index is 1.84. The van der Waals surface area contributed by atoms with E-state index in [1.54, 1.807) is 37.6 Å². The molecule has 0 atom stereocenters. The van der Waals surface area contributed by atoms with Crippen molar-refractivity contribution >= 4 is 50.6 Å². The molecule has 0 bridgehead atoms. The monoisotopic (exact) mass is 431 g/mol. The average Bonchev–Trinajstić information content (AvgIpc) is 3.09. The third-order valence-corrected chi connectivity index (χ3v) is 5.29. The zero-order chi connectivity index (χ0) is 17.7. The molecule has 0 aromatic carbocycles. The van der Waals surface area contributed by atoms with Crippen LogP contribution in [0.3, 0.4) is 0 Å². The Labute approximate surface area is 156 Å². The van der Waals surface area contributed by atoms with Gasteiger partial charge in [0.05, 0.1) is 14.2 Å². The summed E-state index contributed by atoms with van der Waals surface area (Å²) in [5.41, 5.74) is 1.50. The normalized spacial score (nSPS) is 11.2. The first kappa shape index (κ1) is 18.9. The van der Waals surface area contributed by atoms with Gasteiger partial charge >= 0.3 is 6.09 Å². The number of amides is 2. The number of nitrogens with one attached hydrogen (secondary N) is 2. The van der Waals surface area contributed by atoms with Crippen molar-refractivity contribution in [1.29, 1.82) is 0 Å². The lowest BCUT2D eigenvalue weighted by Crippen LogP contribution is -2.38. The highest BCUT2D eigenvalue weighted by atomic mass is 79.9. The molecule has 2 N–H and O–H groups in total. The van der Waals surface area contributed by atoms with Gasteiger partial charge in [0.15, 0.2) is 0 Å². The number of hydrogen-bond donors (Lipinski definition) is 2. The first-order valence-electron chi connectivity index (χ1n) is 7.20. The van der Waals surface area contributed by atoms with Crippen molar-refractivity contribution in [2.24, 2.45) is 0 Å². The zero-order valence-corrected chi connectivity index (χ0v) is 16.7. The number of hydrogen-bond acceptors (Lipinski definition) is 6. The van der Waals surface area contributed by atoms with Gasteiger partial charge in [-0.3, -0.25) is 4.79 Å². The van der Waals surface area contributed by atoms with Gasteiger partial charge in [-0.05, 0) is 48.8 Å². The minimum Gasteiger partial charge on any atom is -0.444 e. The van der Waals surface area contributed by atoms with Gasteiger partial charge < -0.3 is 15.4 Å². The van der Waals surface area contributed by atoms with Gasteiger partial charge in [0.2, 0.25) is 0 Å². The number of nitrogens with zero attached hydrogens (tertiary/aromatic N) is 1. The third-order valence-electron chi connectivity index (χ3n) is 2.66. The number of thiazole rings is 1. The molecule has 0 unspecified atom stereocenters. The molecule has 0 fully saturated rings. The summed E-state index contributed by atoms with van der Waals surface area (Å²) >= 11 is 6.39. The number of carbonyl (C=O) groups excluding carboxylic acids is 2. The Morgan fingerprint density at radius 2 is 1.96 bits per heavy atom. The molecule has 0 aliphatic carbocycles. The molecule has 2 aromatic heterocycles. The van der Waals surface area contributed by atoms with Crippen molar-refractivity contribution in [2.45, 2.75) is 26.4 Å². The topological polar surface area (TPSA) is 80.3 Å². The second-order valence-corrected chi connectivity index (χ2v) is 9.14. The molecule has 9 heteroatoms. The predicted octanol–water partition coefficient (Wildman–Crippen LogP) is 3.89. The highest BCUT2D eigenvalue weighted by Crippen LogP contribution is 2.35. The largest absolute Gasteiger partial charge is 0.444 e. The summed E-state index contributed by atoms with van der Waals surface area (Å²) in [6, 6.07) is 3.88. The molecular formula is C15H18BrN3O3S2. The molecule has 130 valence electrons.